The minimum atomic E-state index is -0.536. The van der Waals surface area contributed by atoms with Crippen molar-refractivity contribution in [2.75, 3.05) is 0 Å². The standard InChI is InChI=1S/C12H11N5OS/c1-6-3-14-9(11(13)18)10-8(6)16-12(19-10)7-4-15-17(2)5-7/h3-5H,1-2H3,(H2,13,18). The number of nitrogens with zero attached hydrogens (tertiary/aromatic N) is 4. The van der Waals surface area contributed by atoms with Crippen LogP contribution in [0, 0.1) is 6.92 Å². The topological polar surface area (TPSA) is 86.7 Å². The van der Waals surface area contributed by atoms with Crippen LogP contribution in [0.3, 0.4) is 0 Å². The summed E-state index contributed by atoms with van der Waals surface area (Å²) in [5, 5.41) is 4.93. The number of carbonyl (C=O) groups is 1. The van der Waals surface area contributed by atoms with Crippen molar-refractivity contribution in [3.63, 3.8) is 0 Å². The van der Waals surface area contributed by atoms with E-state index in [9.17, 15) is 4.79 Å². The maximum atomic E-state index is 11.4. The van der Waals surface area contributed by atoms with E-state index in [4.69, 9.17) is 5.73 Å². The molecule has 3 heterocycles. The van der Waals surface area contributed by atoms with Gasteiger partial charge in [-0.3, -0.25) is 9.48 Å². The van der Waals surface area contributed by atoms with Gasteiger partial charge in [-0.2, -0.15) is 5.10 Å². The zero-order chi connectivity index (χ0) is 13.6. The van der Waals surface area contributed by atoms with Crippen molar-refractivity contribution in [3.8, 4) is 10.6 Å². The van der Waals surface area contributed by atoms with Gasteiger partial charge in [0.05, 0.1) is 16.4 Å². The molecule has 96 valence electrons. The van der Waals surface area contributed by atoms with Crippen LogP contribution in [0.4, 0.5) is 0 Å². The van der Waals surface area contributed by atoms with Crippen LogP contribution in [0.1, 0.15) is 16.1 Å². The summed E-state index contributed by atoms with van der Waals surface area (Å²) >= 11 is 1.41. The van der Waals surface area contributed by atoms with Crippen LogP contribution >= 0.6 is 11.3 Å². The van der Waals surface area contributed by atoms with E-state index in [1.807, 2.05) is 20.2 Å². The molecular weight excluding hydrogens is 262 g/mol. The first kappa shape index (κ1) is 11.8. The highest BCUT2D eigenvalue weighted by Gasteiger charge is 2.16. The molecule has 0 radical (unpaired) electrons. The quantitative estimate of drug-likeness (QED) is 0.766. The number of aromatic nitrogens is 4. The Morgan fingerprint density at radius 1 is 1.42 bits per heavy atom. The lowest BCUT2D eigenvalue weighted by molar-refractivity contribution is 0.0997. The van der Waals surface area contributed by atoms with E-state index >= 15 is 0 Å². The van der Waals surface area contributed by atoms with Gasteiger partial charge in [0.15, 0.2) is 0 Å². The summed E-state index contributed by atoms with van der Waals surface area (Å²) in [6, 6.07) is 0. The summed E-state index contributed by atoms with van der Waals surface area (Å²) in [4.78, 5) is 20.0. The van der Waals surface area contributed by atoms with Crippen LogP contribution in [-0.4, -0.2) is 25.7 Å². The fourth-order valence-corrected chi connectivity index (χ4v) is 2.97. The van der Waals surface area contributed by atoms with Gasteiger partial charge in [0.2, 0.25) is 0 Å². The van der Waals surface area contributed by atoms with Crippen LogP contribution in [0.5, 0.6) is 0 Å². The van der Waals surface area contributed by atoms with Crippen LogP contribution in [0.15, 0.2) is 18.6 Å². The first-order chi connectivity index (χ1) is 9.06. The van der Waals surface area contributed by atoms with E-state index in [2.05, 4.69) is 15.1 Å². The van der Waals surface area contributed by atoms with Crippen LogP contribution in [-0.2, 0) is 7.05 Å². The molecule has 0 aromatic carbocycles. The number of thiazole rings is 1. The number of fused-ring (bicyclic) bond motifs is 1. The largest absolute Gasteiger partial charge is 0.364 e. The molecule has 6 nitrogen and oxygen atoms in total. The zero-order valence-corrected chi connectivity index (χ0v) is 11.2. The van der Waals surface area contributed by atoms with Crippen molar-refractivity contribution in [1.29, 1.82) is 0 Å². The third kappa shape index (κ3) is 1.88. The molecule has 0 saturated heterocycles. The van der Waals surface area contributed by atoms with Crippen molar-refractivity contribution in [2.24, 2.45) is 12.8 Å². The van der Waals surface area contributed by atoms with E-state index < -0.39 is 5.91 Å². The molecular formula is C12H11N5OS. The molecule has 0 unspecified atom stereocenters. The molecule has 0 aliphatic rings. The Labute approximate surface area is 112 Å². The second kappa shape index (κ2) is 4.13. The molecule has 3 aromatic heterocycles. The molecule has 0 fully saturated rings. The highest BCUT2D eigenvalue weighted by atomic mass is 32.1. The summed E-state index contributed by atoms with van der Waals surface area (Å²) in [5.41, 5.74) is 8.22. The Kier molecular flexibility index (Phi) is 2.56. The van der Waals surface area contributed by atoms with Crippen molar-refractivity contribution < 1.29 is 4.79 Å². The fraction of sp³-hybridized carbons (Fsp3) is 0.167. The number of hydrogen-bond donors (Lipinski definition) is 1. The highest BCUT2D eigenvalue weighted by Crippen LogP contribution is 2.32. The normalized spacial score (nSPS) is 11.1. The lowest BCUT2D eigenvalue weighted by atomic mass is 10.2. The number of aryl methyl sites for hydroxylation is 2. The molecule has 0 bridgehead atoms. The highest BCUT2D eigenvalue weighted by molar-refractivity contribution is 7.22. The van der Waals surface area contributed by atoms with Gasteiger partial charge in [-0.05, 0) is 12.5 Å². The first-order valence-electron chi connectivity index (χ1n) is 5.61. The minimum Gasteiger partial charge on any atom is -0.364 e. The van der Waals surface area contributed by atoms with Gasteiger partial charge < -0.3 is 5.73 Å². The van der Waals surface area contributed by atoms with E-state index in [1.54, 1.807) is 17.1 Å². The monoisotopic (exact) mass is 273 g/mol. The van der Waals surface area contributed by atoms with Gasteiger partial charge >= 0.3 is 0 Å². The van der Waals surface area contributed by atoms with Crippen molar-refractivity contribution >= 4 is 27.5 Å². The maximum Gasteiger partial charge on any atom is 0.268 e. The predicted molar refractivity (Wildman–Crippen MR) is 72.9 cm³/mol. The molecule has 19 heavy (non-hydrogen) atoms. The number of hydrogen-bond acceptors (Lipinski definition) is 5. The summed E-state index contributed by atoms with van der Waals surface area (Å²) in [7, 11) is 1.85. The average molecular weight is 273 g/mol. The zero-order valence-electron chi connectivity index (χ0n) is 10.4. The van der Waals surface area contributed by atoms with Gasteiger partial charge in [-0.25, -0.2) is 9.97 Å². The number of rotatable bonds is 2. The predicted octanol–water partition coefficient (Wildman–Crippen LogP) is 1.50. The van der Waals surface area contributed by atoms with E-state index in [-0.39, 0.29) is 5.69 Å². The maximum absolute atomic E-state index is 11.4. The molecule has 0 saturated carbocycles. The molecule has 0 aliphatic carbocycles. The number of primary amides is 1. The van der Waals surface area contributed by atoms with Crippen LogP contribution < -0.4 is 5.73 Å². The summed E-state index contributed by atoms with van der Waals surface area (Å²) in [5.74, 6) is -0.536. The fourth-order valence-electron chi connectivity index (χ4n) is 1.86. The molecule has 0 atom stereocenters. The SMILES string of the molecule is Cc1cnc(C(N)=O)c2sc(-c3cnn(C)c3)nc12. The molecule has 2 N–H and O–H groups in total. The smallest absolute Gasteiger partial charge is 0.268 e. The van der Waals surface area contributed by atoms with Gasteiger partial charge in [-0.15, -0.1) is 11.3 Å². The second-order valence-electron chi connectivity index (χ2n) is 4.25. The van der Waals surface area contributed by atoms with Gasteiger partial charge in [0.25, 0.3) is 5.91 Å². The van der Waals surface area contributed by atoms with Crippen molar-refractivity contribution in [1.82, 2.24) is 19.7 Å². The number of carbonyl (C=O) groups excluding carboxylic acids is 1. The first-order valence-corrected chi connectivity index (χ1v) is 6.43. The average Bonchev–Trinajstić information content (AvgIpc) is 2.95. The van der Waals surface area contributed by atoms with E-state index in [1.165, 1.54) is 11.3 Å². The molecule has 1 amide bonds. The Hall–Kier alpha value is -2.28. The molecule has 7 heteroatoms. The van der Waals surface area contributed by atoms with Crippen LogP contribution in [0.2, 0.25) is 0 Å². The Bertz CT molecular complexity index is 789. The lowest BCUT2D eigenvalue weighted by Crippen LogP contribution is -2.13. The second-order valence-corrected chi connectivity index (χ2v) is 5.25. The van der Waals surface area contributed by atoms with Gasteiger partial charge in [0, 0.05) is 25.0 Å². The Morgan fingerprint density at radius 2 is 2.21 bits per heavy atom. The van der Waals surface area contributed by atoms with Crippen molar-refractivity contribution in [2.45, 2.75) is 6.92 Å². The molecule has 0 spiro atoms. The minimum absolute atomic E-state index is 0.272. The summed E-state index contributed by atoms with van der Waals surface area (Å²) < 4.78 is 2.44. The molecule has 0 aliphatic heterocycles. The van der Waals surface area contributed by atoms with Crippen LogP contribution in [0.25, 0.3) is 20.8 Å². The van der Waals surface area contributed by atoms with E-state index in [0.29, 0.717) is 0 Å². The van der Waals surface area contributed by atoms with Crippen molar-refractivity contribution in [3.05, 3.63) is 29.8 Å². The summed E-state index contributed by atoms with van der Waals surface area (Å²) in [6.45, 7) is 1.91. The Morgan fingerprint density at radius 3 is 2.84 bits per heavy atom. The third-order valence-electron chi connectivity index (χ3n) is 2.79. The number of pyridine rings is 1. The molecule has 3 aromatic rings. The van der Waals surface area contributed by atoms with E-state index in [0.717, 1.165) is 26.4 Å². The molecule has 3 rings (SSSR count). The number of nitrogens with two attached hydrogens (primary N) is 1. The van der Waals surface area contributed by atoms with Gasteiger partial charge in [-0.1, -0.05) is 0 Å². The lowest BCUT2D eigenvalue weighted by Gasteiger charge is -1.97. The third-order valence-corrected chi connectivity index (χ3v) is 3.90. The number of amides is 1. The van der Waals surface area contributed by atoms with Gasteiger partial charge in [0.1, 0.15) is 10.7 Å². The Balaban J connectivity index is 2.28. The summed E-state index contributed by atoms with van der Waals surface area (Å²) in [6.07, 6.45) is 5.24.